The highest BCUT2D eigenvalue weighted by molar-refractivity contribution is 7.99. The number of carbonyl (C=O) groups excluding carboxylic acids is 1. The van der Waals surface area contributed by atoms with E-state index in [1.807, 2.05) is 6.92 Å². The maximum Gasteiger partial charge on any atom is 0.288 e. The predicted molar refractivity (Wildman–Crippen MR) is 174 cm³/mol. The molecule has 0 unspecified atom stereocenters. The molecule has 10 nitrogen and oxygen atoms in total. The highest BCUT2D eigenvalue weighted by atomic mass is 32.2. The number of aryl methyl sites for hydroxylation is 1. The molecule has 244 valence electrons. The maximum atomic E-state index is 13.1. The first-order chi connectivity index (χ1) is 21.8. The number of hydrogen-bond donors (Lipinski definition) is 2. The predicted octanol–water partition coefficient (Wildman–Crippen LogP) is 6.35. The van der Waals surface area contributed by atoms with Gasteiger partial charge in [0.25, 0.3) is 31.7 Å². The molecule has 0 aliphatic carbocycles. The molecule has 0 fully saturated rings. The number of anilines is 3. The summed E-state index contributed by atoms with van der Waals surface area (Å²) in [6.07, 6.45) is 0. The molecule has 4 rings (SSSR count). The van der Waals surface area contributed by atoms with Crippen molar-refractivity contribution in [3.8, 4) is 11.5 Å². The molecule has 0 radical (unpaired) electrons. The summed E-state index contributed by atoms with van der Waals surface area (Å²) in [6, 6.07) is 22.1. The number of rotatable bonds is 14. The van der Waals surface area contributed by atoms with Gasteiger partial charge < -0.3 is 14.8 Å². The third-order valence-corrected chi connectivity index (χ3v) is 10.5. The van der Waals surface area contributed by atoms with Gasteiger partial charge in [-0.15, -0.1) is 0 Å². The van der Waals surface area contributed by atoms with Gasteiger partial charge in [-0.1, -0.05) is 17.8 Å². The van der Waals surface area contributed by atoms with Gasteiger partial charge in [0.15, 0.2) is 6.61 Å². The van der Waals surface area contributed by atoms with E-state index >= 15 is 0 Å². The molecule has 46 heavy (non-hydrogen) atoms. The number of benzene rings is 4. The van der Waals surface area contributed by atoms with Crippen LogP contribution in [0.3, 0.4) is 0 Å². The van der Waals surface area contributed by atoms with Crippen molar-refractivity contribution in [3.05, 3.63) is 96.6 Å². The van der Waals surface area contributed by atoms with Crippen molar-refractivity contribution >= 4 is 54.8 Å². The number of nitrogens with zero attached hydrogens (tertiary/aromatic N) is 1. The highest BCUT2D eigenvalue weighted by Crippen LogP contribution is 2.29. The number of nitrogens with one attached hydrogen (secondary N) is 2. The Hall–Kier alpha value is -4.34. The van der Waals surface area contributed by atoms with Crippen molar-refractivity contribution in [1.29, 1.82) is 0 Å². The van der Waals surface area contributed by atoms with Crippen LogP contribution in [-0.4, -0.2) is 48.8 Å². The molecule has 0 saturated carbocycles. The van der Waals surface area contributed by atoms with E-state index in [-0.39, 0.29) is 26.1 Å². The lowest BCUT2D eigenvalue weighted by atomic mass is 10.2. The van der Waals surface area contributed by atoms with Gasteiger partial charge in [0.05, 0.1) is 22.1 Å². The Balaban J connectivity index is 1.35. The lowest BCUT2D eigenvalue weighted by Crippen LogP contribution is -2.26. The van der Waals surface area contributed by atoms with E-state index in [2.05, 4.69) is 10.0 Å². The Labute approximate surface area is 270 Å². The van der Waals surface area contributed by atoms with Crippen LogP contribution >= 0.6 is 11.8 Å². The van der Waals surface area contributed by atoms with Crippen LogP contribution in [0.1, 0.15) is 12.5 Å². The van der Waals surface area contributed by atoms with Gasteiger partial charge in [0.2, 0.25) is 0 Å². The van der Waals surface area contributed by atoms with Crippen molar-refractivity contribution < 1.29 is 39.9 Å². The zero-order valence-electron chi connectivity index (χ0n) is 24.9. The van der Waals surface area contributed by atoms with Crippen molar-refractivity contribution in [3.63, 3.8) is 0 Å². The Kier molecular flexibility index (Phi) is 11.1. The van der Waals surface area contributed by atoms with Gasteiger partial charge in [0, 0.05) is 23.3 Å². The Morgan fingerprint density at radius 1 is 0.848 bits per heavy atom. The smallest absolute Gasteiger partial charge is 0.288 e. The third-order valence-electron chi connectivity index (χ3n) is 6.46. The average molecular weight is 692 g/mol. The van der Waals surface area contributed by atoms with Crippen LogP contribution in [0.15, 0.2) is 106 Å². The zero-order chi connectivity index (χ0) is 33.5. The lowest BCUT2D eigenvalue weighted by molar-refractivity contribution is -0.118. The molecule has 15 heteroatoms. The van der Waals surface area contributed by atoms with E-state index in [9.17, 15) is 30.4 Å². The number of hydrogen-bond acceptors (Lipinski definition) is 8. The average Bonchev–Trinajstić information content (AvgIpc) is 3.02. The summed E-state index contributed by atoms with van der Waals surface area (Å²) in [4.78, 5) is 12.9. The summed E-state index contributed by atoms with van der Waals surface area (Å²) in [7, 11) is -6.49. The molecule has 0 aliphatic heterocycles. The molecule has 0 spiro atoms. The van der Waals surface area contributed by atoms with E-state index in [4.69, 9.17) is 9.47 Å². The van der Waals surface area contributed by atoms with Gasteiger partial charge in [-0.2, -0.15) is 8.78 Å². The number of ether oxygens (including phenoxy) is 2. The molecule has 0 atom stereocenters. The van der Waals surface area contributed by atoms with E-state index in [0.717, 1.165) is 4.31 Å². The largest absolute Gasteiger partial charge is 0.494 e. The minimum atomic E-state index is -4.08. The van der Waals surface area contributed by atoms with Crippen LogP contribution in [-0.2, 0) is 24.8 Å². The molecule has 4 aromatic rings. The second kappa shape index (κ2) is 14.8. The molecule has 0 aliphatic rings. The summed E-state index contributed by atoms with van der Waals surface area (Å²) in [5.41, 5.74) is 1.18. The molecular formula is C31H31F2N3O7S3. The minimum absolute atomic E-state index is 0.0860. The first kappa shape index (κ1) is 34.5. The zero-order valence-corrected chi connectivity index (χ0v) is 27.4. The quantitative estimate of drug-likeness (QED) is 0.146. The second-order valence-corrected chi connectivity index (χ2v) is 14.4. The SMILES string of the molecule is CCOc1ccc(S(=O)(=O)N(C)c2ccc(OCC(=O)Nc3ccc(C)c(S(=O)(=O)Nc4ccc(SC(F)F)cc4)c3)cc2)cc1. The van der Waals surface area contributed by atoms with Crippen molar-refractivity contribution in [2.24, 2.45) is 0 Å². The standard InChI is InChI=1S/C31H31F2N3O7S3/c1-4-42-25-13-17-28(18-14-25)46(40,41)36(3)24-9-11-26(12-10-24)43-20-30(37)34-23-6-5-21(2)29(19-23)45(38,39)35-22-7-15-27(16-8-22)44-31(32)33/h5-19,31,35H,4,20H2,1-3H3,(H,34,37). The number of carbonyl (C=O) groups is 1. The summed E-state index contributed by atoms with van der Waals surface area (Å²) in [5.74, 6) is -2.29. The minimum Gasteiger partial charge on any atom is -0.494 e. The molecule has 0 bridgehead atoms. The topological polar surface area (TPSA) is 131 Å². The van der Waals surface area contributed by atoms with Crippen molar-refractivity contribution in [2.75, 3.05) is 34.6 Å². The molecule has 2 N–H and O–H groups in total. The second-order valence-electron chi connectivity index (χ2n) is 9.70. The van der Waals surface area contributed by atoms with E-state index in [1.54, 1.807) is 19.1 Å². The molecular weight excluding hydrogens is 661 g/mol. The molecule has 0 saturated heterocycles. The van der Waals surface area contributed by atoms with Gasteiger partial charge in [-0.3, -0.25) is 13.8 Å². The summed E-state index contributed by atoms with van der Waals surface area (Å²) in [5, 5.41) is 2.59. The summed E-state index contributed by atoms with van der Waals surface area (Å²) in [6.45, 7) is 3.48. The first-order valence-corrected chi connectivity index (χ1v) is 17.5. The van der Waals surface area contributed by atoms with Crippen LogP contribution in [0.4, 0.5) is 25.8 Å². The molecule has 0 aromatic heterocycles. The fourth-order valence-corrected chi connectivity index (χ4v) is 7.18. The van der Waals surface area contributed by atoms with Crippen LogP contribution in [0, 0.1) is 6.92 Å². The third kappa shape index (κ3) is 8.89. The van der Waals surface area contributed by atoms with Gasteiger partial charge in [-0.25, -0.2) is 16.8 Å². The number of amides is 1. The van der Waals surface area contributed by atoms with Crippen LogP contribution in [0.5, 0.6) is 11.5 Å². The molecule has 1 amide bonds. The summed E-state index contributed by atoms with van der Waals surface area (Å²) >= 11 is 0.349. The van der Waals surface area contributed by atoms with Crippen LogP contribution in [0.25, 0.3) is 0 Å². The fourth-order valence-electron chi connectivity index (χ4n) is 4.15. The normalized spacial score (nSPS) is 11.6. The fraction of sp³-hybridized carbons (Fsp3) is 0.194. The van der Waals surface area contributed by atoms with Gasteiger partial charge in [0.1, 0.15) is 11.5 Å². The highest BCUT2D eigenvalue weighted by Gasteiger charge is 2.22. The number of thioether (sulfide) groups is 1. The number of halogens is 2. The monoisotopic (exact) mass is 691 g/mol. The lowest BCUT2D eigenvalue weighted by Gasteiger charge is -2.20. The molecule has 4 aromatic carbocycles. The van der Waals surface area contributed by atoms with E-state index in [1.165, 1.54) is 85.9 Å². The van der Waals surface area contributed by atoms with Crippen molar-refractivity contribution in [2.45, 2.75) is 34.3 Å². The summed E-state index contributed by atoms with van der Waals surface area (Å²) < 4.78 is 91.8. The van der Waals surface area contributed by atoms with E-state index in [0.29, 0.717) is 41.1 Å². The Morgan fingerprint density at radius 3 is 2.04 bits per heavy atom. The number of sulfonamides is 2. The first-order valence-electron chi connectivity index (χ1n) is 13.7. The van der Waals surface area contributed by atoms with Crippen molar-refractivity contribution in [1.82, 2.24) is 0 Å². The maximum absolute atomic E-state index is 13.1. The van der Waals surface area contributed by atoms with Gasteiger partial charge >= 0.3 is 0 Å². The van der Waals surface area contributed by atoms with E-state index < -0.39 is 38.3 Å². The Morgan fingerprint density at radius 2 is 1.43 bits per heavy atom. The number of alkyl halides is 2. The Bertz CT molecular complexity index is 1870. The molecule has 0 heterocycles. The van der Waals surface area contributed by atoms with Gasteiger partial charge in [-0.05, 0) is 104 Å². The van der Waals surface area contributed by atoms with Crippen LogP contribution < -0.4 is 23.8 Å². The van der Waals surface area contributed by atoms with Crippen LogP contribution in [0.2, 0.25) is 0 Å².